The van der Waals surface area contributed by atoms with Crippen molar-refractivity contribution in [3.05, 3.63) is 12.2 Å². The summed E-state index contributed by atoms with van der Waals surface area (Å²) < 4.78 is 0. The van der Waals surface area contributed by atoms with Gasteiger partial charge < -0.3 is 0 Å². The van der Waals surface area contributed by atoms with E-state index in [0.717, 1.165) is 25.7 Å². The Labute approximate surface area is 67.5 Å². The van der Waals surface area contributed by atoms with Gasteiger partial charge in [-0.25, -0.2) is 0 Å². The van der Waals surface area contributed by atoms with E-state index in [9.17, 15) is 4.79 Å². The van der Waals surface area contributed by atoms with Crippen molar-refractivity contribution in [2.75, 3.05) is 0 Å². The Morgan fingerprint density at radius 3 is 3.09 bits per heavy atom. The van der Waals surface area contributed by atoms with Gasteiger partial charge in [0.1, 0.15) is 5.78 Å². The number of hydrogen-bond donors (Lipinski definition) is 0. The van der Waals surface area contributed by atoms with Crippen molar-refractivity contribution in [3.8, 4) is 0 Å². The van der Waals surface area contributed by atoms with E-state index in [1.165, 1.54) is 6.42 Å². The largest absolute Gasteiger partial charge is 0.299 e. The van der Waals surface area contributed by atoms with E-state index in [2.05, 4.69) is 12.2 Å². The van der Waals surface area contributed by atoms with Crippen molar-refractivity contribution < 1.29 is 4.79 Å². The Morgan fingerprint density at radius 1 is 1.36 bits per heavy atom. The molecule has 11 heavy (non-hydrogen) atoms. The summed E-state index contributed by atoms with van der Waals surface area (Å²) in [6.45, 7) is 0. The minimum Gasteiger partial charge on any atom is -0.299 e. The highest BCUT2D eigenvalue weighted by atomic mass is 16.1. The lowest BCUT2D eigenvalue weighted by Gasteiger charge is -2.30. The van der Waals surface area contributed by atoms with E-state index < -0.39 is 0 Å². The molecule has 0 saturated heterocycles. The Kier molecular flexibility index (Phi) is 1.80. The van der Waals surface area contributed by atoms with Gasteiger partial charge in [0.25, 0.3) is 0 Å². The van der Waals surface area contributed by atoms with Gasteiger partial charge in [-0.3, -0.25) is 4.79 Å². The third-order valence-electron chi connectivity index (χ3n) is 2.92. The van der Waals surface area contributed by atoms with Crippen LogP contribution in [0.3, 0.4) is 0 Å². The van der Waals surface area contributed by atoms with Crippen molar-refractivity contribution in [2.24, 2.45) is 11.8 Å². The molecule has 0 aromatic rings. The second kappa shape index (κ2) is 2.80. The number of fused-ring (bicyclic) bond motifs is 1. The third kappa shape index (κ3) is 1.24. The molecule has 0 aliphatic heterocycles. The van der Waals surface area contributed by atoms with Crippen LogP contribution in [0.4, 0.5) is 0 Å². The van der Waals surface area contributed by atoms with Crippen LogP contribution in [0.15, 0.2) is 12.2 Å². The highest BCUT2D eigenvalue weighted by Crippen LogP contribution is 2.34. The zero-order chi connectivity index (χ0) is 7.68. The van der Waals surface area contributed by atoms with Gasteiger partial charge in [-0.2, -0.15) is 0 Å². The van der Waals surface area contributed by atoms with Gasteiger partial charge in [0.2, 0.25) is 0 Å². The van der Waals surface area contributed by atoms with Gasteiger partial charge in [0.15, 0.2) is 0 Å². The zero-order valence-electron chi connectivity index (χ0n) is 6.75. The predicted molar refractivity (Wildman–Crippen MR) is 44.2 cm³/mol. The first-order valence-corrected chi connectivity index (χ1v) is 4.57. The fourth-order valence-electron chi connectivity index (χ4n) is 2.29. The zero-order valence-corrected chi connectivity index (χ0v) is 6.75. The van der Waals surface area contributed by atoms with Gasteiger partial charge in [-0.1, -0.05) is 12.2 Å². The van der Waals surface area contributed by atoms with Gasteiger partial charge in [0, 0.05) is 12.3 Å². The molecule has 1 saturated carbocycles. The first kappa shape index (κ1) is 7.08. The molecule has 60 valence electrons. The summed E-state index contributed by atoms with van der Waals surface area (Å²) in [5, 5.41) is 0. The minimum absolute atomic E-state index is 0.397. The third-order valence-corrected chi connectivity index (χ3v) is 2.92. The Hall–Kier alpha value is -0.590. The number of ketones is 1. The molecule has 0 aromatic heterocycles. The average molecular weight is 150 g/mol. The summed E-state index contributed by atoms with van der Waals surface area (Å²) in [5.41, 5.74) is 0. The Balaban J connectivity index is 2.15. The predicted octanol–water partition coefficient (Wildman–Crippen LogP) is 2.32. The van der Waals surface area contributed by atoms with Gasteiger partial charge >= 0.3 is 0 Å². The maximum atomic E-state index is 11.4. The van der Waals surface area contributed by atoms with Crippen LogP contribution in [0.2, 0.25) is 0 Å². The number of rotatable bonds is 0. The number of carbonyl (C=O) groups excluding carboxylic acids is 1. The van der Waals surface area contributed by atoms with E-state index in [4.69, 9.17) is 0 Å². The maximum absolute atomic E-state index is 11.4. The molecule has 2 aliphatic carbocycles. The highest BCUT2D eigenvalue weighted by Gasteiger charge is 2.30. The van der Waals surface area contributed by atoms with E-state index in [-0.39, 0.29) is 0 Å². The van der Waals surface area contributed by atoms with E-state index >= 15 is 0 Å². The minimum atomic E-state index is 0.397. The molecular formula is C10H14O. The number of carbonyl (C=O) groups is 1. The molecule has 2 rings (SSSR count). The van der Waals surface area contributed by atoms with Crippen molar-refractivity contribution in [1.82, 2.24) is 0 Å². The monoisotopic (exact) mass is 150 g/mol. The Bertz CT molecular complexity index is 193. The summed E-state index contributed by atoms with van der Waals surface area (Å²) in [5.74, 6) is 1.52. The van der Waals surface area contributed by atoms with Crippen molar-refractivity contribution in [1.29, 1.82) is 0 Å². The lowest BCUT2D eigenvalue weighted by atomic mass is 9.73. The van der Waals surface area contributed by atoms with Crippen LogP contribution in [0.25, 0.3) is 0 Å². The summed E-state index contributed by atoms with van der Waals surface area (Å²) in [6, 6.07) is 0. The van der Waals surface area contributed by atoms with Gasteiger partial charge in [-0.05, 0) is 31.6 Å². The summed E-state index contributed by atoms with van der Waals surface area (Å²) >= 11 is 0. The molecule has 0 amide bonds. The number of allylic oxidation sites excluding steroid dienone is 2. The van der Waals surface area contributed by atoms with Crippen LogP contribution in [0.1, 0.15) is 32.1 Å². The fraction of sp³-hybridized carbons (Fsp3) is 0.700. The van der Waals surface area contributed by atoms with Gasteiger partial charge in [-0.15, -0.1) is 0 Å². The fourth-order valence-corrected chi connectivity index (χ4v) is 2.29. The van der Waals surface area contributed by atoms with Crippen LogP contribution >= 0.6 is 0 Å². The van der Waals surface area contributed by atoms with E-state index in [1.54, 1.807) is 0 Å². The number of Topliss-reactive ketones (excluding diaryl/α,β-unsaturated/α-hetero) is 1. The molecule has 1 fully saturated rings. The average Bonchev–Trinajstić information content (AvgIpc) is 2.06. The summed E-state index contributed by atoms with van der Waals surface area (Å²) in [6.07, 6.45) is 9.92. The topological polar surface area (TPSA) is 17.1 Å². The first-order chi connectivity index (χ1) is 5.38. The molecule has 0 N–H and O–H groups in total. The molecule has 2 atom stereocenters. The number of hydrogen-bond acceptors (Lipinski definition) is 1. The molecule has 1 heteroatoms. The molecule has 2 unspecified atom stereocenters. The van der Waals surface area contributed by atoms with Crippen molar-refractivity contribution >= 4 is 5.78 Å². The SMILES string of the molecule is O=C1CCCC2C=CCCC12. The summed E-state index contributed by atoms with van der Waals surface area (Å²) in [7, 11) is 0. The highest BCUT2D eigenvalue weighted by molar-refractivity contribution is 5.82. The molecule has 2 aliphatic rings. The van der Waals surface area contributed by atoms with Crippen LogP contribution < -0.4 is 0 Å². The quantitative estimate of drug-likeness (QED) is 0.484. The van der Waals surface area contributed by atoms with Crippen LogP contribution in [-0.2, 0) is 4.79 Å². The second-order valence-corrected chi connectivity index (χ2v) is 3.63. The maximum Gasteiger partial charge on any atom is 0.136 e. The lowest BCUT2D eigenvalue weighted by Crippen LogP contribution is -2.28. The van der Waals surface area contributed by atoms with E-state index in [0.29, 0.717) is 17.6 Å². The molecule has 0 spiro atoms. The van der Waals surface area contributed by atoms with Crippen LogP contribution in [-0.4, -0.2) is 5.78 Å². The molecular weight excluding hydrogens is 136 g/mol. The molecule has 0 radical (unpaired) electrons. The normalized spacial score (nSPS) is 36.9. The van der Waals surface area contributed by atoms with Crippen molar-refractivity contribution in [2.45, 2.75) is 32.1 Å². The molecule has 0 bridgehead atoms. The standard InChI is InChI=1S/C10H14O/c11-10-7-3-5-8-4-1-2-6-9(8)10/h1,4,8-9H,2-3,5-7H2. The van der Waals surface area contributed by atoms with Crippen molar-refractivity contribution in [3.63, 3.8) is 0 Å². The second-order valence-electron chi connectivity index (χ2n) is 3.63. The van der Waals surface area contributed by atoms with E-state index in [1.807, 2.05) is 0 Å². The lowest BCUT2D eigenvalue weighted by molar-refractivity contribution is -0.126. The smallest absolute Gasteiger partial charge is 0.136 e. The van der Waals surface area contributed by atoms with Crippen LogP contribution in [0, 0.1) is 11.8 Å². The van der Waals surface area contributed by atoms with Gasteiger partial charge in [0.05, 0.1) is 0 Å². The Morgan fingerprint density at radius 2 is 2.27 bits per heavy atom. The molecule has 0 aromatic carbocycles. The molecule has 1 nitrogen and oxygen atoms in total. The molecule has 0 heterocycles. The first-order valence-electron chi connectivity index (χ1n) is 4.57. The summed E-state index contributed by atoms with van der Waals surface area (Å²) in [4.78, 5) is 11.4. The van der Waals surface area contributed by atoms with Crippen LogP contribution in [0.5, 0.6) is 0 Å².